The van der Waals surface area contributed by atoms with Crippen molar-refractivity contribution in [2.24, 2.45) is 0 Å². The zero-order valence-corrected chi connectivity index (χ0v) is 16.9. The van der Waals surface area contributed by atoms with Crippen LogP contribution in [0, 0.1) is 34.3 Å². The normalized spacial score (nSPS) is 16.6. The summed E-state index contributed by atoms with van der Waals surface area (Å²) in [7, 11) is 0. The van der Waals surface area contributed by atoms with Crippen molar-refractivity contribution in [2.45, 2.75) is 31.8 Å². The van der Waals surface area contributed by atoms with Crippen molar-refractivity contribution in [1.29, 1.82) is 10.5 Å². The number of hydrogen-bond acceptors (Lipinski definition) is 4. The summed E-state index contributed by atoms with van der Waals surface area (Å²) < 4.78 is 30.1. The first-order valence-electron chi connectivity index (χ1n) is 10.2. The number of nitriles is 2. The van der Waals surface area contributed by atoms with Gasteiger partial charge in [-0.1, -0.05) is 12.1 Å². The summed E-state index contributed by atoms with van der Waals surface area (Å²) in [5.74, 6) is -0.540. The molecule has 0 radical (unpaired) electrons. The third-order valence-corrected chi connectivity index (χ3v) is 5.68. The summed E-state index contributed by atoms with van der Waals surface area (Å²) in [6.07, 6.45) is 3.82. The van der Waals surface area contributed by atoms with Crippen molar-refractivity contribution in [3.05, 3.63) is 88.2 Å². The summed E-state index contributed by atoms with van der Waals surface area (Å²) in [6, 6.07) is 14.9. The minimum absolute atomic E-state index is 0.224. The Balaban J connectivity index is 1.42. The van der Waals surface area contributed by atoms with Crippen LogP contribution >= 0.6 is 0 Å². The predicted molar refractivity (Wildman–Crippen MR) is 111 cm³/mol. The second-order valence-electron chi connectivity index (χ2n) is 7.85. The quantitative estimate of drug-likeness (QED) is 0.620. The van der Waals surface area contributed by atoms with E-state index >= 15 is 0 Å². The summed E-state index contributed by atoms with van der Waals surface area (Å²) in [5, 5.41) is 22.4. The second-order valence-corrected chi connectivity index (χ2v) is 7.85. The fraction of sp³-hybridized carbons (Fsp3) is 0.292. The Hall–Kier alpha value is -3.55. The Morgan fingerprint density at radius 3 is 2.19 bits per heavy atom. The van der Waals surface area contributed by atoms with E-state index in [1.807, 2.05) is 24.4 Å². The number of rotatable bonds is 5. The maximum absolute atomic E-state index is 14.3. The topological polar surface area (TPSA) is 68.6 Å². The van der Waals surface area contributed by atoms with E-state index < -0.39 is 5.82 Å². The molecule has 0 saturated carbocycles. The molecule has 1 atom stereocenters. The van der Waals surface area contributed by atoms with Crippen LogP contribution in [0.2, 0.25) is 0 Å². The molecule has 1 saturated heterocycles. The van der Waals surface area contributed by atoms with Crippen molar-refractivity contribution >= 4 is 0 Å². The molecule has 0 unspecified atom stereocenters. The van der Waals surface area contributed by atoms with Crippen molar-refractivity contribution < 1.29 is 8.78 Å². The van der Waals surface area contributed by atoms with E-state index in [0.717, 1.165) is 31.6 Å². The lowest BCUT2D eigenvalue weighted by Crippen LogP contribution is -2.34. The van der Waals surface area contributed by atoms with Crippen LogP contribution in [0.4, 0.5) is 8.78 Å². The molecule has 2 aromatic carbocycles. The average Bonchev–Trinajstić information content (AvgIpc) is 3.25. The monoisotopic (exact) mass is 417 g/mol. The first-order chi connectivity index (χ1) is 15.1. The van der Waals surface area contributed by atoms with Gasteiger partial charge < -0.3 is 0 Å². The molecular formula is C24H21F2N5. The third-order valence-electron chi connectivity index (χ3n) is 5.68. The molecule has 0 amide bonds. The molecule has 156 valence electrons. The number of hydrogen-bond donors (Lipinski definition) is 0. The predicted octanol–water partition coefficient (Wildman–Crippen LogP) is 4.33. The highest BCUT2D eigenvalue weighted by Crippen LogP contribution is 2.27. The lowest BCUT2D eigenvalue weighted by Gasteiger charge is -2.32. The molecule has 31 heavy (non-hydrogen) atoms. The maximum Gasteiger partial charge on any atom is 0.129 e. The molecule has 0 aliphatic carbocycles. The minimum Gasteiger partial charge on any atom is -0.298 e. The highest BCUT2D eigenvalue weighted by Gasteiger charge is 2.24. The maximum atomic E-state index is 14.3. The van der Waals surface area contributed by atoms with E-state index in [1.165, 1.54) is 12.1 Å². The first kappa shape index (κ1) is 20.7. The summed E-state index contributed by atoms with van der Waals surface area (Å²) >= 11 is 0. The van der Waals surface area contributed by atoms with Gasteiger partial charge in [-0.15, -0.1) is 0 Å². The van der Waals surface area contributed by atoms with Crippen LogP contribution in [0.1, 0.15) is 46.7 Å². The lowest BCUT2D eigenvalue weighted by molar-refractivity contribution is 0.196. The summed E-state index contributed by atoms with van der Waals surface area (Å²) in [6.45, 7) is 2.43. The van der Waals surface area contributed by atoms with Crippen molar-refractivity contribution in [3.63, 3.8) is 0 Å². The van der Waals surface area contributed by atoms with Gasteiger partial charge in [0.2, 0.25) is 0 Å². The van der Waals surface area contributed by atoms with Crippen molar-refractivity contribution in [1.82, 2.24) is 14.7 Å². The Morgan fingerprint density at radius 1 is 0.935 bits per heavy atom. The standard InChI is InChI=1S/C24H21F2N5/c25-22-10-17(12-27)3-5-19(22)14-30-8-1-2-21(15-30)24-7-9-31(29-24)16-20-6-4-18(13-28)11-23(20)26/h3-7,9-11,21H,1-2,8,14-16H2/t21-/m0/s1. The number of nitrogens with zero attached hydrogens (tertiary/aromatic N) is 5. The molecule has 0 spiro atoms. The third kappa shape index (κ3) is 4.79. The van der Waals surface area contributed by atoms with Gasteiger partial charge in [-0.25, -0.2) is 8.78 Å². The zero-order valence-electron chi connectivity index (χ0n) is 16.9. The van der Waals surface area contributed by atoms with Crippen LogP contribution in [0.5, 0.6) is 0 Å². The number of likely N-dealkylation sites (tertiary alicyclic amines) is 1. The number of benzene rings is 2. The average molecular weight is 417 g/mol. The fourth-order valence-corrected chi connectivity index (χ4v) is 4.03. The molecule has 7 heteroatoms. The summed E-state index contributed by atoms with van der Waals surface area (Å²) in [4.78, 5) is 2.21. The van der Waals surface area contributed by atoms with Gasteiger partial charge in [0.25, 0.3) is 0 Å². The van der Waals surface area contributed by atoms with Gasteiger partial charge in [-0.05, 0) is 49.7 Å². The zero-order chi connectivity index (χ0) is 21.8. The van der Waals surface area contributed by atoms with Crippen LogP contribution in [0.15, 0.2) is 48.7 Å². The largest absolute Gasteiger partial charge is 0.298 e. The van der Waals surface area contributed by atoms with Gasteiger partial charge in [0.1, 0.15) is 11.6 Å². The highest BCUT2D eigenvalue weighted by atomic mass is 19.1. The molecule has 0 bridgehead atoms. The number of halogens is 2. The van der Waals surface area contributed by atoms with Gasteiger partial charge in [0.05, 0.1) is 35.5 Å². The minimum atomic E-state index is -0.413. The van der Waals surface area contributed by atoms with Crippen molar-refractivity contribution in [2.75, 3.05) is 13.1 Å². The smallest absolute Gasteiger partial charge is 0.129 e. The Morgan fingerprint density at radius 2 is 1.58 bits per heavy atom. The Bertz CT molecular complexity index is 1170. The van der Waals surface area contributed by atoms with E-state index in [-0.39, 0.29) is 11.7 Å². The Kier molecular flexibility index (Phi) is 6.06. The molecule has 1 aliphatic heterocycles. The highest BCUT2D eigenvalue weighted by molar-refractivity contribution is 5.34. The van der Waals surface area contributed by atoms with Gasteiger partial charge in [-0.3, -0.25) is 9.58 Å². The van der Waals surface area contributed by atoms with Gasteiger partial charge in [-0.2, -0.15) is 15.6 Å². The van der Waals surface area contributed by atoms with Gasteiger partial charge in [0.15, 0.2) is 0 Å². The Labute approximate surface area is 179 Å². The van der Waals surface area contributed by atoms with E-state index in [1.54, 1.807) is 28.9 Å². The lowest BCUT2D eigenvalue weighted by atomic mass is 9.94. The van der Waals surface area contributed by atoms with Crippen LogP contribution < -0.4 is 0 Å². The molecule has 0 N–H and O–H groups in total. The van der Waals surface area contributed by atoms with Crippen LogP contribution in [-0.2, 0) is 13.1 Å². The van der Waals surface area contributed by atoms with E-state index in [0.29, 0.717) is 35.3 Å². The molecule has 5 nitrogen and oxygen atoms in total. The fourth-order valence-electron chi connectivity index (χ4n) is 4.03. The number of piperidine rings is 1. The van der Waals surface area contributed by atoms with Gasteiger partial charge in [0, 0.05) is 36.3 Å². The van der Waals surface area contributed by atoms with Crippen LogP contribution in [0.25, 0.3) is 0 Å². The molecule has 1 fully saturated rings. The van der Waals surface area contributed by atoms with E-state index in [4.69, 9.17) is 10.5 Å². The molecule has 1 aliphatic rings. The van der Waals surface area contributed by atoms with Crippen molar-refractivity contribution in [3.8, 4) is 12.1 Å². The van der Waals surface area contributed by atoms with Gasteiger partial charge >= 0.3 is 0 Å². The molecule has 1 aromatic heterocycles. The molecular weight excluding hydrogens is 396 g/mol. The number of aromatic nitrogens is 2. The second kappa shape index (κ2) is 9.07. The SMILES string of the molecule is N#Cc1ccc(CN2CCC[C@H](c3ccn(Cc4ccc(C#N)cc4F)n3)C2)c(F)c1. The summed E-state index contributed by atoms with van der Waals surface area (Å²) in [5.41, 5.74) is 2.63. The van der Waals surface area contributed by atoms with E-state index in [2.05, 4.69) is 10.00 Å². The van der Waals surface area contributed by atoms with Crippen LogP contribution in [0.3, 0.4) is 0 Å². The van der Waals surface area contributed by atoms with Crippen LogP contribution in [-0.4, -0.2) is 27.8 Å². The molecule has 4 rings (SSSR count). The molecule has 3 aromatic rings. The first-order valence-corrected chi connectivity index (χ1v) is 10.2. The van der Waals surface area contributed by atoms with E-state index in [9.17, 15) is 8.78 Å². The molecule has 2 heterocycles.